The SMILES string of the molecule is CCN(CC)C(=O)Oc1cc(Br)ccc1B1OC(C)(C)C(C)(C)O1. The zero-order chi connectivity index (χ0) is 18.1. The number of hydrogen-bond donors (Lipinski definition) is 0. The van der Waals surface area contributed by atoms with E-state index < -0.39 is 18.3 Å². The topological polar surface area (TPSA) is 48.0 Å². The molecular weight excluding hydrogens is 373 g/mol. The van der Waals surface area contributed by atoms with Crippen LogP contribution in [0.25, 0.3) is 0 Å². The summed E-state index contributed by atoms with van der Waals surface area (Å²) in [5, 5.41) is 0. The number of carbonyl (C=O) groups excluding carboxylic acids is 1. The molecule has 0 aliphatic carbocycles. The second-order valence-electron chi connectivity index (χ2n) is 6.81. The lowest BCUT2D eigenvalue weighted by Crippen LogP contribution is -2.41. The average Bonchev–Trinajstić information content (AvgIpc) is 2.68. The first-order valence-corrected chi connectivity index (χ1v) is 9.02. The molecule has 1 saturated heterocycles. The molecule has 1 aromatic rings. The number of ether oxygens (including phenoxy) is 1. The second-order valence-corrected chi connectivity index (χ2v) is 7.73. The van der Waals surface area contributed by atoms with Crippen LogP contribution in [0.5, 0.6) is 5.75 Å². The number of hydrogen-bond acceptors (Lipinski definition) is 4. The third kappa shape index (κ3) is 3.78. The van der Waals surface area contributed by atoms with Crippen molar-refractivity contribution in [3.63, 3.8) is 0 Å². The summed E-state index contributed by atoms with van der Waals surface area (Å²) in [5.41, 5.74) is -0.201. The number of halogens is 1. The maximum absolute atomic E-state index is 12.3. The lowest BCUT2D eigenvalue weighted by atomic mass is 9.78. The van der Waals surface area contributed by atoms with E-state index in [1.807, 2.05) is 53.7 Å². The van der Waals surface area contributed by atoms with Crippen molar-refractivity contribution >= 4 is 34.6 Å². The van der Waals surface area contributed by atoms with Crippen LogP contribution in [0.15, 0.2) is 22.7 Å². The largest absolute Gasteiger partial charge is 0.498 e. The van der Waals surface area contributed by atoms with Crippen LogP contribution >= 0.6 is 15.9 Å². The molecule has 2 rings (SSSR count). The molecule has 0 bridgehead atoms. The first-order chi connectivity index (χ1) is 11.1. The minimum absolute atomic E-state index is 0.379. The summed E-state index contributed by atoms with van der Waals surface area (Å²) < 4.78 is 18.6. The van der Waals surface area contributed by atoms with E-state index in [1.54, 1.807) is 11.0 Å². The average molecular weight is 398 g/mol. The fourth-order valence-electron chi connectivity index (χ4n) is 2.40. The van der Waals surface area contributed by atoms with Gasteiger partial charge in [-0.3, -0.25) is 0 Å². The molecule has 0 aromatic heterocycles. The number of nitrogens with zero attached hydrogens (tertiary/aromatic N) is 1. The van der Waals surface area contributed by atoms with Gasteiger partial charge in [-0.2, -0.15) is 0 Å². The first-order valence-electron chi connectivity index (χ1n) is 8.23. The highest BCUT2D eigenvalue weighted by atomic mass is 79.9. The number of rotatable bonds is 4. The zero-order valence-corrected chi connectivity index (χ0v) is 16.8. The van der Waals surface area contributed by atoms with Gasteiger partial charge in [0.25, 0.3) is 0 Å². The van der Waals surface area contributed by atoms with E-state index in [0.717, 1.165) is 4.47 Å². The Morgan fingerprint density at radius 1 is 1.17 bits per heavy atom. The molecule has 1 aromatic carbocycles. The van der Waals surface area contributed by atoms with Crippen molar-refractivity contribution in [1.29, 1.82) is 0 Å². The van der Waals surface area contributed by atoms with Crippen molar-refractivity contribution in [2.45, 2.75) is 52.7 Å². The molecule has 5 nitrogen and oxygen atoms in total. The monoisotopic (exact) mass is 397 g/mol. The molecule has 0 radical (unpaired) electrons. The molecule has 132 valence electrons. The van der Waals surface area contributed by atoms with E-state index >= 15 is 0 Å². The van der Waals surface area contributed by atoms with E-state index in [2.05, 4.69) is 15.9 Å². The fourth-order valence-corrected chi connectivity index (χ4v) is 2.74. The van der Waals surface area contributed by atoms with Crippen LogP contribution in [0.3, 0.4) is 0 Å². The molecule has 1 aliphatic rings. The number of benzene rings is 1. The molecular formula is C17H25BBrNO4. The smallest absolute Gasteiger partial charge is 0.411 e. The molecule has 0 saturated carbocycles. The van der Waals surface area contributed by atoms with Gasteiger partial charge in [0.1, 0.15) is 5.75 Å². The van der Waals surface area contributed by atoms with Crippen LogP contribution in [-0.2, 0) is 9.31 Å². The zero-order valence-electron chi connectivity index (χ0n) is 15.2. The van der Waals surface area contributed by atoms with E-state index in [9.17, 15) is 4.79 Å². The predicted molar refractivity (Wildman–Crippen MR) is 98.8 cm³/mol. The van der Waals surface area contributed by atoms with Crippen LogP contribution in [0.2, 0.25) is 0 Å². The van der Waals surface area contributed by atoms with Gasteiger partial charge >= 0.3 is 13.2 Å². The molecule has 0 N–H and O–H groups in total. The minimum atomic E-state index is -0.581. The van der Waals surface area contributed by atoms with Crippen molar-refractivity contribution in [2.75, 3.05) is 13.1 Å². The molecule has 1 amide bonds. The van der Waals surface area contributed by atoms with Gasteiger partial charge in [-0.1, -0.05) is 22.0 Å². The Balaban J connectivity index is 2.31. The summed E-state index contributed by atoms with van der Waals surface area (Å²) in [7, 11) is -0.581. The Morgan fingerprint density at radius 3 is 2.21 bits per heavy atom. The van der Waals surface area contributed by atoms with Gasteiger partial charge in [0.05, 0.1) is 11.2 Å². The van der Waals surface area contributed by atoms with Gasteiger partial charge in [0, 0.05) is 23.0 Å². The Kier molecular flexibility index (Phi) is 5.67. The molecule has 0 spiro atoms. The summed E-state index contributed by atoms with van der Waals surface area (Å²) in [6.45, 7) is 13.0. The minimum Gasteiger partial charge on any atom is -0.411 e. The molecule has 1 fully saturated rings. The van der Waals surface area contributed by atoms with Gasteiger partial charge in [-0.25, -0.2) is 4.79 Å². The lowest BCUT2D eigenvalue weighted by molar-refractivity contribution is 0.00578. The highest BCUT2D eigenvalue weighted by molar-refractivity contribution is 9.10. The van der Waals surface area contributed by atoms with E-state index in [4.69, 9.17) is 14.0 Å². The highest BCUT2D eigenvalue weighted by Gasteiger charge is 2.52. The maximum atomic E-state index is 12.3. The molecule has 1 aliphatic heterocycles. The van der Waals surface area contributed by atoms with Crippen molar-refractivity contribution in [3.05, 3.63) is 22.7 Å². The van der Waals surface area contributed by atoms with Crippen LogP contribution in [0.1, 0.15) is 41.5 Å². The van der Waals surface area contributed by atoms with Crippen molar-refractivity contribution in [3.8, 4) is 5.75 Å². The van der Waals surface area contributed by atoms with E-state index in [-0.39, 0.29) is 6.09 Å². The summed E-state index contributed by atoms with van der Waals surface area (Å²) in [4.78, 5) is 13.9. The van der Waals surface area contributed by atoms with Crippen molar-refractivity contribution < 1.29 is 18.8 Å². The van der Waals surface area contributed by atoms with Gasteiger partial charge in [-0.15, -0.1) is 0 Å². The number of amides is 1. The first kappa shape index (κ1) is 19.3. The van der Waals surface area contributed by atoms with Gasteiger partial charge in [0.2, 0.25) is 0 Å². The van der Waals surface area contributed by atoms with Crippen molar-refractivity contribution in [2.24, 2.45) is 0 Å². The highest BCUT2D eigenvalue weighted by Crippen LogP contribution is 2.37. The normalized spacial score (nSPS) is 18.5. The summed E-state index contributed by atoms with van der Waals surface area (Å²) in [6, 6.07) is 5.51. The van der Waals surface area contributed by atoms with Gasteiger partial charge in [0.15, 0.2) is 0 Å². The van der Waals surface area contributed by atoms with E-state index in [1.165, 1.54) is 0 Å². The maximum Gasteiger partial charge on any atom is 0.498 e. The van der Waals surface area contributed by atoms with E-state index in [0.29, 0.717) is 24.3 Å². The Labute approximate surface area is 152 Å². The predicted octanol–water partition coefficient (Wildman–Crippen LogP) is 3.59. The summed E-state index contributed by atoms with van der Waals surface area (Å²) in [5.74, 6) is 0.444. The van der Waals surface area contributed by atoms with Gasteiger partial charge in [-0.05, 0) is 53.7 Å². The fraction of sp³-hybridized carbons (Fsp3) is 0.588. The lowest BCUT2D eigenvalue weighted by Gasteiger charge is -2.32. The van der Waals surface area contributed by atoms with Crippen LogP contribution in [0.4, 0.5) is 4.79 Å². The van der Waals surface area contributed by atoms with Crippen LogP contribution in [0, 0.1) is 0 Å². The molecule has 1 heterocycles. The van der Waals surface area contributed by atoms with Crippen LogP contribution in [-0.4, -0.2) is 42.4 Å². The summed E-state index contributed by atoms with van der Waals surface area (Å²) >= 11 is 3.42. The van der Waals surface area contributed by atoms with Gasteiger partial charge < -0.3 is 18.9 Å². The molecule has 0 atom stereocenters. The standard InChI is InChI=1S/C17H25BBrNO4/c1-7-20(8-2)15(21)22-14-11-12(19)9-10-13(14)18-23-16(3,4)17(5,6)24-18/h9-11H,7-8H2,1-6H3. The third-order valence-electron chi connectivity index (χ3n) is 4.70. The Bertz CT molecular complexity index is 601. The molecule has 0 unspecified atom stereocenters. The Morgan fingerprint density at radius 2 is 1.71 bits per heavy atom. The second kappa shape index (κ2) is 7.06. The number of carbonyl (C=O) groups is 1. The van der Waals surface area contributed by atoms with Crippen molar-refractivity contribution in [1.82, 2.24) is 4.90 Å². The molecule has 7 heteroatoms. The molecule has 24 heavy (non-hydrogen) atoms. The third-order valence-corrected chi connectivity index (χ3v) is 5.19. The van der Waals surface area contributed by atoms with Crippen LogP contribution < -0.4 is 10.2 Å². The Hall–Kier alpha value is -1.05. The summed E-state index contributed by atoms with van der Waals surface area (Å²) in [6.07, 6.45) is -0.379. The quantitative estimate of drug-likeness (QED) is 0.728.